The van der Waals surface area contributed by atoms with Crippen LogP contribution in [-0.4, -0.2) is 24.3 Å². The summed E-state index contributed by atoms with van der Waals surface area (Å²) in [7, 11) is 1.47. The van der Waals surface area contributed by atoms with E-state index in [1.165, 1.54) is 20.0 Å². The molecule has 1 aromatic rings. The number of aromatic carboxylic acids is 1. The van der Waals surface area contributed by atoms with Crippen molar-refractivity contribution in [1.29, 1.82) is 0 Å². The van der Waals surface area contributed by atoms with Crippen LogP contribution in [0.2, 0.25) is 0 Å². The number of carboxylic acids is 1. The average Bonchev–Trinajstić information content (AvgIpc) is 2.45. The fourth-order valence-corrected chi connectivity index (χ4v) is 2.76. The summed E-state index contributed by atoms with van der Waals surface area (Å²) in [6, 6.07) is 5.18. The van der Waals surface area contributed by atoms with Crippen molar-refractivity contribution < 1.29 is 19.4 Å². The molecule has 0 aliphatic heterocycles. The Bertz CT molecular complexity index is 470. The first-order chi connectivity index (χ1) is 9.60. The van der Waals surface area contributed by atoms with E-state index < -0.39 is 5.97 Å². The molecule has 1 fully saturated rings. The number of hydrogen-bond acceptors (Lipinski definition) is 3. The molecular weight excluding hydrogens is 256 g/mol. The normalized spacial score (nSPS) is 22.5. The highest BCUT2D eigenvalue weighted by Gasteiger charge is 2.19. The van der Waals surface area contributed by atoms with Gasteiger partial charge >= 0.3 is 5.97 Å². The molecular formula is C16H22O4. The second-order valence-corrected chi connectivity index (χ2v) is 5.54. The summed E-state index contributed by atoms with van der Waals surface area (Å²) in [4.78, 5) is 11.2. The van der Waals surface area contributed by atoms with Crippen LogP contribution >= 0.6 is 0 Å². The summed E-state index contributed by atoms with van der Waals surface area (Å²) in [6.45, 7) is 2.72. The fourth-order valence-electron chi connectivity index (χ4n) is 2.76. The first-order valence-electron chi connectivity index (χ1n) is 7.12. The largest absolute Gasteiger partial charge is 0.496 e. The molecule has 110 valence electrons. The lowest BCUT2D eigenvalue weighted by Gasteiger charge is -2.26. The first-order valence-corrected chi connectivity index (χ1v) is 7.12. The molecule has 0 bridgehead atoms. The van der Waals surface area contributed by atoms with Crippen LogP contribution in [0.3, 0.4) is 0 Å². The van der Waals surface area contributed by atoms with E-state index in [1.807, 2.05) is 6.07 Å². The average molecular weight is 278 g/mol. The minimum atomic E-state index is -0.977. The first kappa shape index (κ1) is 14.9. The van der Waals surface area contributed by atoms with Crippen LogP contribution in [-0.2, 0) is 11.3 Å². The predicted octanol–water partition coefficient (Wildman–Crippen LogP) is 3.49. The summed E-state index contributed by atoms with van der Waals surface area (Å²) >= 11 is 0. The molecule has 0 aromatic heterocycles. The number of carbonyl (C=O) groups is 1. The molecule has 1 aliphatic rings. The lowest BCUT2D eigenvalue weighted by atomic mass is 9.89. The molecule has 0 heterocycles. The van der Waals surface area contributed by atoms with Gasteiger partial charge in [0.2, 0.25) is 0 Å². The van der Waals surface area contributed by atoms with Crippen LogP contribution in [0, 0.1) is 5.92 Å². The Morgan fingerprint density at radius 1 is 1.40 bits per heavy atom. The SMILES string of the molecule is COc1ccc(COC2CCCC(C)C2)cc1C(=O)O. The molecule has 0 amide bonds. The summed E-state index contributed by atoms with van der Waals surface area (Å²) in [5, 5.41) is 9.15. The van der Waals surface area contributed by atoms with Crippen LogP contribution in [0.25, 0.3) is 0 Å². The van der Waals surface area contributed by atoms with Crippen molar-refractivity contribution in [3.63, 3.8) is 0 Å². The van der Waals surface area contributed by atoms with Crippen LogP contribution in [0.1, 0.15) is 48.5 Å². The van der Waals surface area contributed by atoms with E-state index >= 15 is 0 Å². The summed E-state index contributed by atoms with van der Waals surface area (Å²) < 4.78 is 11.0. The quantitative estimate of drug-likeness (QED) is 0.895. The van der Waals surface area contributed by atoms with E-state index in [0.29, 0.717) is 18.5 Å². The van der Waals surface area contributed by atoms with Crippen LogP contribution in [0.4, 0.5) is 0 Å². The number of benzene rings is 1. The van der Waals surface area contributed by atoms with Gasteiger partial charge < -0.3 is 14.6 Å². The number of carboxylic acid groups (broad SMARTS) is 1. The van der Waals surface area contributed by atoms with E-state index in [1.54, 1.807) is 12.1 Å². The molecule has 4 heteroatoms. The van der Waals surface area contributed by atoms with Gasteiger partial charge in [0, 0.05) is 0 Å². The topological polar surface area (TPSA) is 55.8 Å². The minimum absolute atomic E-state index is 0.186. The molecule has 1 aromatic carbocycles. The van der Waals surface area contributed by atoms with Crippen molar-refractivity contribution in [3.05, 3.63) is 29.3 Å². The van der Waals surface area contributed by atoms with Crippen molar-refractivity contribution >= 4 is 5.97 Å². The molecule has 2 atom stereocenters. The van der Waals surface area contributed by atoms with Gasteiger partial charge in [-0.2, -0.15) is 0 Å². The molecule has 1 saturated carbocycles. The highest BCUT2D eigenvalue weighted by atomic mass is 16.5. The summed E-state index contributed by atoms with van der Waals surface area (Å²) in [5.41, 5.74) is 1.06. The van der Waals surface area contributed by atoms with Crippen molar-refractivity contribution in [3.8, 4) is 5.75 Å². The lowest BCUT2D eigenvalue weighted by Crippen LogP contribution is -2.21. The van der Waals surface area contributed by atoms with E-state index in [9.17, 15) is 4.79 Å². The zero-order valence-electron chi connectivity index (χ0n) is 12.1. The third-order valence-corrected chi connectivity index (χ3v) is 3.87. The molecule has 2 rings (SSSR count). The maximum atomic E-state index is 11.2. The number of hydrogen-bond donors (Lipinski definition) is 1. The minimum Gasteiger partial charge on any atom is -0.496 e. The van der Waals surface area contributed by atoms with Gasteiger partial charge in [0.25, 0.3) is 0 Å². The van der Waals surface area contributed by atoms with Gasteiger partial charge in [-0.05, 0) is 36.5 Å². The van der Waals surface area contributed by atoms with Gasteiger partial charge in [0.15, 0.2) is 0 Å². The maximum Gasteiger partial charge on any atom is 0.339 e. The zero-order chi connectivity index (χ0) is 14.5. The van der Waals surface area contributed by atoms with E-state index in [2.05, 4.69) is 6.92 Å². The molecule has 20 heavy (non-hydrogen) atoms. The predicted molar refractivity (Wildman–Crippen MR) is 76.2 cm³/mol. The Labute approximate surface area is 119 Å². The Morgan fingerprint density at radius 3 is 2.85 bits per heavy atom. The van der Waals surface area contributed by atoms with E-state index in [0.717, 1.165) is 24.3 Å². The number of ether oxygens (including phenoxy) is 2. The molecule has 0 radical (unpaired) electrons. The molecule has 0 spiro atoms. The van der Waals surface area contributed by atoms with Crippen molar-refractivity contribution in [2.24, 2.45) is 5.92 Å². The summed E-state index contributed by atoms with van der Waals surface area (Å²) in [5.74, 6) is 0.127. The Kier molecular flexibility index (Phi) is 5.01. The van der Waals surface area contributed by atoms with Gasteiger partial charge in [0.1, 0.15) is 11.3 Å². The zero-order valence-corrected chi connectivity index (χ0v) is 12.1. The molecule has 1 N–H and O–H groups in total. The third kappa shape index (κ3) is 3.73. The van der Waals surface area contributed by atoms with Crippen LogP contribution < -0.4 is 4.74 Å². The van der Waals surface area contributed by atoms with E-state index in [4.69, 9.17) is 14.6 Å². The molecule has 4 nitrogen and oxygen atoms in total. The Morgan fingerprint density at radius 2 is 2.20 bits per heavy atom. The Balaban J connectivity index is 1.99. The Hall–Kier alpha value is -1.55. The highest BCUT2D eigenvalue weighted by Crippen LogP contribution is 2.27. The van der Waals surface area contributed by atoms with Crippen LogP contribution in [0.5, 0.6) is 5.75 Å². The van der Waals surface area contributed by atoms with Crippen molar-refractivity contribution in [2.75, 3.05) is 7.11 Å². The summed E-state index contributed by atoms with van der Waals surface area (Å²) in [6.07, 6.45) is 5.00. The number of rotatable bonds is 5. The third-order valence-electron chi connectivity index (χ3n) is 3.87. The maximum absolute atomic E-state index is 11.2. The van der Waals surface area contributed by atoms with Crippen molar-refractivity contribution in [1.82, 2.24) is 0 Å². The monoisotopic (exact) mass is 278 g/mol. The second-order valence-electron chi connectivity index (χ2n) is 5.54. The van der Waals surface area contributed by atoms with Crippen LogP contribution in [0.15, 0.2) is 18.2 Å². The lowest BCUT2D eigenvalue weighted by molar-refractivity contribution is 0.00463. The van der Waals surface area contributed by atoms with Gasteiger partial charge in [-0.15, -0.1) is 0 Å². The number of methoxy groups -OCH3 is 1. The van der Waals surface area contributed by atoms with E-state index in [-0.39, 0.29) is 5.56 Å². The van der Waals surface area contributed by atoms with Gasteiger partial charge in [-0.25, -0.2) is 4.79 Å². The fraction of sp³-hybridized carbons (Fsp3) is 0.562. The second kappa shape index (κ2) is 6.75. The van der Waals surface area contributed by atoms with Gasteiger partial charge in [-0.3, -0.25) is 0 Å². The smallest absolute Gasteiger partial charge is 0.339 e. The molecule has 0 saturated heterocycles. The van der Waals surface area contributed by atoms with Gasteiger partial charge in [-0.1, -0.05) is 25.8 Å². The van der Waals surface area contributed by atoms with Crippen molar-refractivity contribution in [2.45, 2.75) is 45.3 Å². The standard InChI is InChI=1S/C16H22O4/c1-11-4-3-5-13(8-11)20-10-12-6-7-15(19-2)14(9-12)16(17)18/h6-7,9,11,13H,3-5,8,10H2,1-2H3,(H,17,18). The molecule has 2 unspecified atom stereocenters. The molecule has 1 aliphatic carbocycles. The van der Waals surface area contributed by atoms with Gasteiger partial charge in [0.05, 0.1) is 19.8 Å². The highest BCUT2D eigenvalue weighted by molar-refractivity contribution is 5.91.